The number of rotatable bonds is 4. The Morgan fingerprint density at radius 1 is 1.18 bits per heavy atom. The van der Waals surface area contributed by atoms with Crippen molar-refractivity contribution in [3.63, 3.8) is 0 Å². The molecule has 0 saturated carbocycles. The molecule has 0 fully saturated rings. The predicted octanol–water partition coefficient (Wildman–Crippen LogP) is 6.27. The van der Waals surface area contributed by atoms with E-state index in [1.165, 1.54) is 6.07 Å². The molecule has 0 amide bonds. The Bertz CT molecular complexity index is 1070. The Labute approximate surface area is 192 Å². The van der Waals surface area contributed by atoms with Crippen LogP contribution in [0.15, 0.2) is 24.4 Å². The highest BCUT2D eigenvalue weighted by Gasteiger charge is 2.38. The lowest BCUT2D eigenvalue weighted by Crippen LogP contribution is -2.29. The van der Waals surface area contributed by atoms with E-state index in [1.807, 2.05) is 13.8 Å². The van der Waals surface area contributed by atoms with Gasteiger partial charge in [0.2, 0.25) is 0 Å². The number of halogens is 3. The lowest BCUT2D eigenvalue weighted by Gasteiger charge is -2.37. The van der Waals surface area contributed by atoms with Gasteiger partial charge in [0.1, 0.15) is 11.8 Å². The fourth-order valence-electron chi connectivity index (χ4n) is 5.19. The maximum Gasteiger partial charge on any atom is 0.433 e. The summed E-state index contributed by atoms with van der Waals surface area (Å²) >= 11 is 0. The average molecular weight is 461 g/mol. The van der Waals surface area contributed by atoms with E-state index in [0.717, 1.165) is 60.3 Å². The Kier molecular flexibility index (Phi) is 6.16. The molecule has 2 aromatic rings. The van der Waals surface area contributed by atoms with Gasteiger partial charge in [0.05, 0.1) is 6.10 Å². The Balaban J connectivity index is 1.94. The number of allylic oxidation sites excluding steroid dienone is 2. The molecular formula is C26H31F3N2O2. The fraction of sp³-hybridized carbons (Fsp3) is 0.538. The smallest absolute Gasteiger partial charge is 0.388 e. The zero-order valence-corrected chi connectivity index (χ0v) is 19.5. The molecular weight excluding hydrogens is 429 g/mol. The topological polar surface area (TPSA) is 66.2 Å². The zero-order chi connectivity index (χ0) is 24.1. The highest BCUT2D eigenvalue weighted by Crippen LogP contribution is 2.48. The normalized spacial score (nSPS) is 21.2. The van der Waals surface area contributed by atoms with Crippen molar-refractivity contribution >= 4 is 5.57 Å². The van der Waals surface area contributed by atoms with Gasteiger partial charge in [-0.15, -0.1) is 0 Å². The van der Waals surface area contributed by atoms with Gasteiger partial charge >= 0.3 is 6.18 Å². The number of nitrogens with zero attached hydrogens (tertiary/aromatic N) is 2. The second-order valence-corrected chi connectivity index (χ2v) is 10.4. The van der Waals surface area contributed by atoms with Gasteiger partial charge in [-0.3, -0.25) is 9.97 Å². The van der Waals surface area contributed by atoms with Crippen LogP contribution in [-0.4, -0.2) is 20.2 Å². The molecule has 4 rings (SSSR count). The highest BCUT2D eigenvalue weighted by molar-refractivity contribution is 5.75. The lowest BCUT2D eigenvalue weighted by atomic mass is 9.71. The van der Waals surface area contributed by atoms with E-state index in [0.29, 0.717) is 17.7 Å². The van der Waals surface area contributed by atoms with E-state index in [4.69, 9.17) is 4.98 Å². The number of pyridine rings is 2. The van der Waals surface area contributed by atoms with E-state index in [2.05, 4.69) is 24.9 Å². The van der Waals surface area contributed by atoms with Crippen molar-refractivity contribution in [1.29, 1.82) is 0 Å². The summed E-state index contributed by atoms with van der Waals surface area (Å²) in [6, 6.07) is 2.17. The number of aromatic nitrogens is 2. The van der Waals surface area contributed by atoms with Gasteiger partial charge in [0.15, 0.2) is 0 Å². The first kappa shape index (κ1) is 23.9. The van der Waals surface area contributed by atoms with Gasteiger partial charge in [0.25, 0.3) is 0 Å². The molecule has 0 aromatic carbocycles. The van der Waals surface area contributed by atoms with Gasteiger partial charge in [-0.2, -0.15) is 13.2 Å². The van der Waals surface area contributed by atoms with Crippen molar-refractivity contribution in [2.45, 2.75) is 84.1 Å². The molecule has 33 heavy (non-hydrogen) atoms. The molecule has 0 saturated heterocycles. The molecule has 2 aliphatic rings. The van der Waals surface area contributed by atoms with Gasteiger partial charge in [0, 0.05) is 34.3 Å². The van der Waals surface area contributed by atoms with E-state index >= 15 is 0 Å². The maximum absolute atomic E-state index is 13.0. The van der Waals surface area contributed by atoms with Crippen LogP contribution in [0, 0.1) is 5.41 Å². The summed E-state index contributed by atoms with van der Waals surface area (Å²) in [4.78, 5) is 8.50. The number of aliphatic hydroxyl groups excluding tert-OH is 2. The summed E-state index contributed by atoms with van der Waals surface area (Å²) in [5.74, 6) is -0.0229. The Morgan fingerprint density at radius 3 is 2.45 bits per heavy atom. The molecule has 2 aliphatic carbocycles. The van der Waals surface area contributed by atoms with Crippen LogP contribution in [0.1, 0.15) is 111 Å². The molecule has 2 aromatic heterocycles. The summed E-state index contributed by atoms with van der Waals surface area (Å²) in [6.45, 7) is 8.21. The van der Waals surface area contributed by atoms with Crippen LogP contribution in [0.3, 0.4) is 0 Å². The largest absolute Gasteiger partial charge is 0.433 e. The van der Waals surface area contributed by atoms with Crippen LogP contribution in [0.2, 0.25) is 0 Å². The van der Waals surface area contributed by atoms with Crippen LogP contribution in [0.25, 0.3) is 5.57 Å². The Morgan fingerprint density at radius 2 is 1.91 bits per heavy atom. The van der Waals surface area contributed by atoms with E-state index < -0.39 is 24.1 Å². The van der Waals surface area contributed by atoms with Crippen molar-refractivity contribution in [2.24, 2.45) is 5.41 Å². The third kappa shape index (κ3) is 4.58. The molecule has 7 heteroatoms. The second kappa shape index (κ2) is 8.51. The number of alkyl halides is 3. The average Bonchev–Trinajstić information content (AvgIpc) is 3.25. The summed E-state index contributed by atoms with van der Waals surface area (Å²) in [6.07, 6.45) is 0.810. The molecule has 178 valence electrons. The minimum Gasteiger partial charge on any atom is -0.388 e. The highest BCUT2D eigenvalue weighted by atomic mass is 19.4. The standard InChI is InChI=1S/C26H31F3N2O2/c1-14(2)23-22(24(33)16-9-10-19(30-13-16)26(27,28)29)20(15-7-5-6-8-15)21-17(31-23)11-25(3,4)12-18(21)32/h7,9-10,13-14,18,24,32-33H,5-6,8,11-12H2,1-4H3. The maximum atomic E-state index is 13.0. The minimum atomic E-state index is -4.54. The van der Waals surface area contributed by atoms with E-state index in [9.17, 15) is 23.4 Å². The zero-order valence-electron chi connectivity index (χ0n) is 19.5. The first-order valence-corrected chi connectivity index (χ1v) is 11.5. The van der Waals surface area contributed by atoms with Crippen molar-refractivity contribution in [1.82, 2.24) is 9.97 Å². The SMILES string of the molecule is CC(C)c1nc2c(c(C3=CCCC3)c1C(O)c1ccc(C(F)(F)F)nc1)C(O)CC(C)(C)C2. The van der Waals surface area contributed by atoms with Crippen LogP contribution >= 0.6 is 0 Å². The summed E-state index contributed by atoms with van der Waals surface area (Å²) < 4.78 is 39.0. The van der Waals surface area contributed by atoms with Gasteiger partial charge in [-0.05, 0) is 60.6 Å². The number of aliphatic hydroxyl groups is 2. The number of hydrogen-bond acceptors (Lipinski definition) is 4. The summed E-state index contributed by atoms with van der Waals surface area (Å²) in [5.41, 5.74) is 3.99. The van der Waals surface area contributed by atoms with Crippen molar-refractivity contribution in [2.75, 3.05) is 0 Å². The Hall–Kier alpha value is -2.25. The van der Waals surface area contributed by atoms with E-state index in [1.54, 1.807) is 0 Å². The molecule has 0 spiro atoms. The number of hydrogen-bond donors (Lipinski definition) is 2. The quantitative estimate of drug-likeness (QED) is 0.564. The predicted molar refractivity (Wildman–Crippen MR) is 121 cm³/mol. The molecule has 0 radical (unpaired) electrons. The van der Waals surface area contributed by atoms with Crippen molar-refractivity contribution < 1.29 is 23.4 Å². The molecule has 2 heterocycles. The fourth-order valence-corrected chi connectivity index (χ4v) is 5.19. The molecule has 2 atom stereocenters. The summed E-state index contributed by atoms with van der Waals surface area (Å²) in [5, 5.41) is 22.7. The van der Waals surface area contributed by atoms with Crippen LogP contribution in [-0.2, 0) is 12.6 Å². The monoisotopic (exact) mass is 460 g/mol. The molecule has 2 N–H and O–H groups in total. The van der Waals surface area contributed by atoms with Crippen LogP contribution in [0.4, 0.5) is 13.2 Å². The number of fused-ring (bicyclic) bond motifs is 1. The first-order valence-electron chi connectivity index (χ1n) is 11.5. The molecule has 4 nitrogen and oxygen atoms in total. The van der Waals surface area contributed by atoms with E-state index in [-0.39, 0.29) is 16.9 Å². The van der Waals surface area contributed by atoms with Crippen LogP contribution < -0.4 is 0 Å². The van der Waals surface area contributed by atoms with Gasteiger partial charge in [-0.1, -0.05) is 39.8 Å². The van der Waals surface area contributed by atoms with Crippen LogP contribution in [0.5, 0.6) is 0 Å². The molecule has 0 aliphatic heterocycles. The third-order valence-corrected chi connectivity index (χ3v) is 6.68. The molecule has 2 unspecified atom stereocenters. The first-order chi connectivity index (χ1) is 15.4. The molecule has 0 bridgehead atoms. The second-order valence-electron chi connectivity index (χ2n) is 10.4. The summed E-state index contributed by atoms with van der Waals surface area (Å²) in [7, 11) is 0. The third-order valence-electron chi connectivity index (χ3n) is 6.68. The van der Waals surface area contributed by atoms with Gasteiger partial charge in [-0.25, -0.2) is 0 Å². The van der Waals surface area contributed by atoms with Crippen molar-refractivity contribution in [3.05, 3.63) is 63.7 Å². The minimum absolute atomic E-state index is 0.0229. The van der Waals surface area contributed by atoms with Crippen molar-refractivity contribution in [3.8, 4) is 0 Å². The lowest BCUT2D eigenvalue weighted by molar-refractivity contribution is -0.141. The van der Waals surface area contributed by atoms with Gasteiger partial charge < -0.3 is 10.2 Å².